The highest BCUT2D eigenvalue weighted by molar-refractivity contribution is 5.99. The van der Waals surface area contributed by atoms with Crippen molar-refractivity contribution in [3.8, 4) is 0 Å². The highest BCUT2D eigenvalue weighted by Gasteiger charge is 2.19. The number of hydrogen-bond donors (Lipinski definition) is 1. The third-order valence-corrected chi connectivity index (χ3v) is 2.84. The number of hydrogen-bond acceptors (Lipinski definition) is 3. The monoisotopic (exact) mass is 249 g/mol. The molecule has 0 saturated carbocycles. The Morgan fingerprint density at radius 3 is 2.72 bits per heavy atom. The van der Waals surface area contributed by atoms with Gasteiger partial charge in [-0.1, -0.05) is 6.92 Å². The second-order valence-electron chi connectivity index (χ2n) is 4.53. The van der Waals surface area contributed by atoms with Gasteiger partial charge in [-0.2, -0.15) is 0 Å². The van der Waals surface area contributed by atoms with Crippen LogP contribution in [-0.4, -0.2) is 34.9 Å². The van der Waals surface area contributed by atoms with E-state index in [4.69, 9.17) is 0 Å². The number of pyridine rings is 1. The minimum Gasteiger partial charge on any atom is -0.384 e. The molecule has 0 aliphatic rings. The zero-order chi connectivity index (χ0) is 13.5. The number of amides is 1. The summed E-state index contributed by atoms with van der Waals surface area (Å²) in [5.74, 6) is 0.0409. The molecular weight excluding hydrogens is 226 g/mol. The van der Waals surface area contributed by atoms with Crippen molar-refractivity contribution in [1.82, 2.24) is 9.88 Å². The lowest BCUT2D eigenvalue weighted by Crippen LogP contribution is -2.37. The number of nitrogens with zero attached hydrogens (tertiary/aromatic N) is 2. The van der Waals surface area contributed by atoms with Crippen LogP contribution in [0.1, 0.15) is 44.5 Å². The van der Waals surface area contributed by atoms with Gasteiger partial charge in [-0.3, -0.25) is 9.78 Å². The maximum atomic E-state index is 12.4. The van der Waals surface area contributed by atoms with Gasteiger partial charge in [0.15, 0.2) is 0 Å². The Labute approximate surface area is 109 Å². The maximum Gasteiger partial charge on any atom is 0.257 e. The molecule has 0 fully saturated rings. The Bertz CT molecular complexity index is 390. The summed E-state index contributed by atoms with van der Waals surface area (Å²) < 4.78 is 0. The van der Waals surface area contributed by atoms with E-state index in [2.05, 4.69) is 17.2 Å². The third kappa shape index (κ3) is 3.45. The lowest BCUT2D eigenvalue weighted by molar-refractivity contribution is 0.0717. The van der Waals surface area contributed by atoms with Gasteiger partial charge in [-0.15, -0.1) is 0 Å². The molecule has 0 spiro atoms. The summed E-state index contributed by atoms with van der Waals surface area (Å²) in [6, 6.07) is 2.05. The molecule has 0 saturated heterocycles. The second kappa shape index (κ2) is 6.99. The van der Waals surface area contributed by atoms with E-state index in [0.29, 0.717) is 12.1 Å². The first-order valence-electron chi connectivity index (χ1n) is 6.60. The van der Waals surface area contributed by atoms with E-state index in [0.717, 1.165) is 18.7 Å². The summed E-state index contributed by atoms with van der Waals surface area (Å²) in [6.45, 7) is 9.71. The van der Waals surface area contributed by atoms with Crippen LogP contribution in [0.4, 0.5) is 5.69 Å². The molecule has 0 unspecified atom stereocenters. The van der Waals surface area contributed by atoms with Crippen molar-refractivity contribution in [1.29, 1.82) is 0 Å². The summed E-state index contributed by atoms with van der Waals surface area (Å²) in [4.78, 5) is 18.4. The van der Waals surface area contributed by atoms with E-state index in [1.807, 2.05) is 31.7 Å². The first kappa shape index (κ1) is 14.5. The van der Waals surface area contributed by atoms with Gasteiger partial charge in [0.2, 0.25) is 0 Å². The molecule has 0 radical (unpaired) electrons. The molecule has 0 atom stereocenters. The Hall–Kier alpha value is -1.58. The van der Waals surface area contributed by atoms with E-state index in [1.165, 1.54) is 0 Å². The molecule has 18 heavy (non-hydrogen) atoms. The molecular formula is C14H23N3O. The van der Waals surface area contributed by atoms with E-state index in [9.17, 15) is 4.79 Å². The molecule has 0 aliphatic heterocycles. The molecule has 4 heteroatoms. The highest BCUT2D eigenvalue weighted by Crippen LogP contribution is 2.17. The molecule has 1 aromatic heterocycles. The molecule has 100 valence electrons. The fraction of sp³-hybridized carbons (Fsp3) is 0.571. The predicted octanol–water partition coefficient (Wildman–Crippen LogP) is 2.77. The normalized spacial score (nSPS) is 10.5. The van der Waals surface area contributed by atoms with Gasteiger partial charge in [0.25, 0.3) is 5.91 Å². The number of rotatable bonds is 6. The zero-order valence-electron chi connectivity index (χ0n) is 11.7. The van der Waals surface area contributed by atoms with Crippen LogP contribution in [0.5, 0.6) is 0 Å². The van der Waals surface area contributed by atoms with Crippen LogP contribution in [0.2, 0.25) is 0 Å². The first-order chi connectivity index (χ1) is 8.61. The Balaban J connectivity index is 2.96. The highest BCUT2D eigenvalue weighted by atomic mass is 16.2. The van der Waals surface area contributed by atoms with Crippen LogP contribution in [-0.2, 0) is 0 Å². The molecule has 1 N–H and O–H groups in total. The molecule has 1 heterocycles. The van der Waals surface area contributed by atoms with Crippen molar-refractivity contribution in [2.24, 2.45) is 0 Å². The van der Waals surface area contributed by atoms with Crippen LogP contribution in [0.15, 0.2) is 18.5 Å². The summed E-state index contributed by atoms with van der Waals surface area (Å²) >= 11 is 0. The molecule has 1 amide bonds. The van der Waals surface area contributed by atoms with Crippen LogP contribution >= 0.6 is 0 Å². The number of aromatic nitrogens is 1. The van der Waals surface area contributed by atoms with Crippen molar-refractivity contribution >= 4 is 11.6 Å². The number of anilines is 1. The lowest BCUT2D eigenvalue weighted by atomic mass is 10.1. The van der Waals surface area contributed by atoms with Crippen LogP contribution < -0.4 is 5.32 Å². The smallest absolute Gasteiger partial charge is 0.257 e. The largest absolute Gasteiger partial charge is 0.384 e. The molecule has 1 rings (SSSR count). The van der Waals surface area contributed by atoms with Crippen molar-refractivity contribution in [3.63, 3.8) is 0 Å². The lowest BCUT2D eigenvalue weighted by Gasteiger charge is -2.26. The third-order valence-electron chi connectivity index (χ3n) is 2.84. The quantitative estimate of drug-likeness (QED) is 0.843. The van der Waals surface area contributed by atoms with Crippen LogP contribution in [0, 0.1) is 0 Å². The van der Waals surface area contributed by atoms with Crippen molar-refractivity contribution in [2.45, 2.75) is 40.2 Å². The molecule has 1 aromatic rings. The standard InChI is InChI=1S/C14H23N3O/c1-5-8-16-13-7-9-15-10-12(13)14(18)17(6-2)11(3)4/h7,9-11H,5-6,8H2,1-4H3,(H,15,16). The summed E-state index contributed by atoms with van der Waals surface area (Å²) in [5.41, 5.74) is 1.53. The van der Waals surface area contributed by atoms with Crippen molar-refractivity contribution in [3.05, 3.63) is 24.0 Å². The summed E-state index contributed by atoms with van der Waals surface area (Å²) in [7, 11) is 0. The first-order valence-corrected chi connectivity index (χ1v) is 6.60. The fourth-order valence-corrected chi connectivity index (χ4v) is 1.88. The topological polar surface area (TPSA) is 45.2 Å². The Morgan fingerprint density at radius 1 is 1.44 bits per heavy atom. The predicted molar refractivity (Wildman–Crippen MR) is 74.9 cm³/mol. The van der Waals surface area contributed by atoms with E-state index in [1.54, 1.807) is 12.4 Å². The molecule has 4 nitrogen and oxygen atoms in total. The molecule has 0 bridgehead atoms. The minimum atomic E-state index is 0.0409. The summed E-state index contributed by atoms with van der Waals surface area (Å²) in [6.07, 6.45) is 4.38. The Kier molecular flexibility index (Phi) is 5.62. The van der Waals surface area contributed by atoms with Gasteiger partial charge < -0.3 is 10.2 Å². The van der Waals surface area contributed by atoms with Gasteiger partial charge in [0.05, 0.1) is 11.3 Å². The van der Waals surface area contributed by atoms with E-state index < -0.39 is 0 Å². The van der Waals surface area contributed by atoms with Gasteiger partial charge in [-0.05, 0) is 33.3 Å². The zero-order valence-corrected chi connectivity index (χ0v) is 11.7. The van der Waals surface area contributed by atoms with Gasteiger partial charge in [-0.25, -0.2) is 0 Å². The van der Waals surface area contributed by atoms with Crippen molar-refractivity contribution in [2.75, 3.05) is 18.4 Å². The number of nitrogens with one attached hydrogen (secondary N) is 1. The van der Waals surface area contributed by atoms with E-state index >= 15 is 0 Å². The maximum absolute atomic E-state index is 12.4. The average molecular weight is 249 g/mol. The van der Waals surface area contributed by atoms with E-state index in [-0.39, 0.29) is 11.9 Å². The summed E-state index contributed by atoms with van der Waals surface area (Å²) in [5, 5.41) is 3.27. The molecule has 0 aromatic carbocycles. The van der Waals surface area contributed by atoms with Crippen LogP contribution in [0.3, 0.4) is 0 Å². The van der Waals surface area contributed by atoms with Gasteiger partial charge in [0.1, 0.15) is 0 Å². The average Bonchev–Trinajstić information content (AvgIpc) is 2.37. The second-order valence-corrected chi connectivity index (χ2v) is 4.53. The minimum absolute atomic E-state index is 0.0409. The Morgan fingerprint density at radius 2 is 2.17 bits per heavy atom. The van der Waals surface area contributed by atoms with Gasteiger partial charge in [0, 0.05) is 31.5 Å². The van der Waals surface area contributed by atoms with Gasteiger partial charge >= 0.3 is 0 Å². The van der Waals surface area contributed by atoms with Crippen LogP contribution in [0.25, 0.3) is 0 Å². The number of carbonyl (C=O) groups is 1. The number of carbonyl (C=O) groups excluding carboxylic acids is 1. The SMILES string of the molecule is CCCNc1ccncc1C(=O)N(CC)C(C)C. The van der Waals surface area contributed by atoms with Crippen molar-refractivity contribution < 1.29 is 4.79 Å². The molecule has 0 aliphatic carbocycles. The fourth-order valence-electron chi connectivity index (χ4n) is 1.88.